The van der Waals surface area contributed by atoms with Gasteiger partial charge in [-0.25, -0.2) is 8.42 Å². The van der Waals surface area contributed by atoms with E-state index in [0.29, 0.717) is 23.5 Å². The fraction of sp³-hybridized carbons (Fsp3) is 1.00. The van der Waals surface area contributed by atoms with Crippen molar-refractivity contribution in [2.24, 2.45) is 5.92 Å². The van der Waals surface area contributed by atoms with Gasteiger partial charge in [0.1, 0.15) is 9.84 Å². The normalized spacial score (nSPS) is 25.2. The van der Waals surface area contributed by atoms with Gasteiger partial charge in [-0.1, -0.05) is 33.1 Å². The Morgan fingerprint density at radius 2 is 1.74 bits per heavy atom. The van der Waals surface area contributed by atoms with E-state index in [1.165, 1.54) is 32.1 Å². The highest BCUT2D eigenvalue weighted by molar-refractivity contribution is 7.91. The molecular formula is C15H31NO2S. The highest BCUT2D eigenvalue weighted by Gasteiger charge is 2.24. The highest BCUT2D eigenvalue weighted by atomic mass is 32.2. The van der Waals surface area contributed by atoms with E-state index in [1.54, 1.807) is 0 Å². The molecule has 0 aromatic heterocycles. The molecule has 1 aliphatic carbocycles. The van der Waals surface area contributed by atoms with Crippen LogP contribution in [0.1, 0.15) is 65.2 Å². The molecule has 1 rings (SSSR count). The lowest BCUT2D eigenvalue weighted by atomic mass is 9.92. The van der Waals surface area contributed by atoms with Gasteiger partial charge in [-0.2, -0.15) is 0 Å². The van der Waals surface area contributed by atoms with E-state index in [2.05, 4.69) is 12.2 Å². The van der Waals surface area contributed by atoms with Crippen molar-refractivity contribution >= 4 is 9.84 Å². The van der Waals surface area contributed by atoms with Crippen molar-refractivity contribution < 1.29 is 8.42 Å². The third-order valence-corrected chi connectivity index (χ3v) is 6.02. The van der Waals surface area contributed by atoms with Crippen LogP contribution in [0.3, 0.4) is 0 Å². The van der Waals surface area contributed by atoms with Crippen LogP contribution in [0.5, 0.6) is 0 Å². The number of hydrogen-bond acceptors (Lipinski definition) is 3. The van der Waals surface area contributed by atoms with Crippen molar-refractivity contribution in [2.45, 2.75) is 71.3 Å². The molecule has 1 fully saturated rings. The van der Waals surface area contributed by atoms with Gasteiger partial charge in [0.15, 0.2) is 0 Å². The number of sulfone groups is 1. The van der Waals surface area contributed by atoms with Crippen LogP contribution in [0.4, 0.5) is 0 Å². The predicted octanol–water partition coefficient (Wildman–Crippen LogP) is 3.15. The van der Waals surface area contributed by atoms with Crippen molar-refractivity contribution in [2.75, 3.05) is 18.1 Å². The summed E-state index contributed by atoms with van der Waals surface area (Å²) in [5.74, 6) is 1.29. The minimum atomic E-state index is -2.81. The molecule has 114 valence electrons. The second-order valence-corrected chi connectivity index (χ2v) is 8.20. The van der Waals surface area contributed by atoms with Crippen LogP contribution in [0.25, 0.3) is 0 Å². The quantitative estimate of drug-likeness (QED) is 0.698. The minimum Gasteiger partial charge on any atom is -0.314 e. The van der Waals surface area contributed by atoms with Crippen molar-refractivity contribution in [3.8, 4) is 0 Å². The van der Waals surface area contributed by atoms with Crippen LogP contribution >= 0.6 is 0 Å². The van der Waals surface area contributed by atoms with Crippen molar-refractivity contribution in [3.63, 3.8) is 0 Å². The molecule has 0 heterocycles. The smallest absolute Gasteiger partial charge is 0.150 e. The first kappa shape index (κ1) is 17.0. The Morgan fingerprint density at radius 1 is 1.00 bits per heavy atom. The maximum absolute atomic E-state index is 11.9. The zero-order chi connectivity index (χ0) is 14.1. The molecule has 0 aromatic carbocycles. The fourth-order valence-corrected chi connectivity index (χ4v) is 4.56. The van der Waals surface area contributed by atoms with Crippen LogP contribution in [0.2, 0.25) is 0 Å². The summed E-state index contributed by atoms with van der Waals surface area (Å²) in [6.07, 6.45) is 9.03. The third-order valence-electron chi connectivity index (χ3n) is 4.13. The Morgan fingerprint density at radius 3 is 2.42 bits per heavy atom. The summed E-state index contributed by atoms with van der Waals surface area (Å²) >= 11 is 0. The first-order chi connectivity index (χ1) is 9.09. The molecule has 1 N–H and O–H groups in total. The second kappa shape index (κ2) is 8.96. The summed E-state index contributed by atoms with van der Waals surface area (Å²) in [5, 5.41) is 3.63. The Labute approximate surface area is 119 Å². The molecule has 0 radical (unpaired) electrons. The molecule has 2 unspecified atom stereocenters. The molecule has 0 amide bonds. The lowest BCUT2D eigenvalue weighted by molar-refractivity contribution is 0.326. The summed E-state index contributed by atoms with van der Waals surface area (Å²) in [7, 11) is -2.81. The van der Waals surface area contributed by atoms with Gasteiger partial charge in [0.25, 0.3) is 0 Å². The molecule has 0 spiro atoms. The van der Waals surface area contributed by atoms with Gasteiger partial charge >= 0.3 is 0 Å². The highest BCUT2D eigenvalue weighted by Crippen LogP contribution is 2.26. The maximum atomic E-state index is 11.9. The molecule has 1 aliphatic rings. The van der Waals surface area contributed by atoms with Crippen LogP contribution in [0, 0.1) is 5.92 Å². The van der Waals surface area contributed by atoms with E-state index >= 15 is 0 Å². The van der Waals surface area contributed by atoms with Gasteiger partial charge in [-0.3, -0.25) is 0 Å². The molecule has 0 aromatic rings. The van der Waals surface area contributed by atoms with Crippen LogP contribution < -0.4 is 5.32 Å². The first-order valence-corrected chi connectivity index (χ1v) is 9.85. The van der Waals surface area contributed by atoms with E-state index in [0.717, 1.165) is 25.8 Å². The maximum Gasteiger partial charge on any atom is 0.150 e. The van der Waals surface area contributed by atoms with Gasteiger partial charge in [0.2, 0.25) is 0 Å². The van der Waals surface area contributed by atoms with Gasteiger partial charge < -0.3 is 5.32 Å². The average Bonchev–Trinajstić information content (AvgIpc) is 2.59. The summed E-state index contributed by atoms with van der Waals surface area (Å²) in [4.78, 5) is 0. The van der Waals surface area contributed by atoms with E-state index in [4.69, 9.17) is 0 Å². The van der Waals surface area contributed by atoms with Crippen LogP contribution in [-0.4, -0.2) is 32.5 Å². The number of hydrogen-bond donors (Lipinski definition) is 1. The van der Waals surface area contributed by atoms with Crippen molar-refractivity contribution in [1.82, 2.24) is 5.32 Å². The van der Waals surface area contributed by atoms with E-state index in [9.17, 15) is 8.42 Å². The molecule has 0 aliphatic heterocycles. The van der Waals surface area contributed by atoms with E-state index < -0.39 is 9.84 Å². The molecule has 4 heteroatoms. The van der Waals surface area contributed by atoms with Crippen molar-refractivity contribution in [3.05, 3.63) is 0 Å². The average molecular weight is 289 g/mol. The molecule has 2 atom stereocenters. The first-order valence-electron chi connectivity index (χ1n) is 8.03. The Bertz CT molecular complexity index is 327. The Kier molecular flexibility index (Phi) is 8.00. The monoisotopic (exact) mass is 289 g/mol. The Hall–Kier alpha value is -0.0900. The Balaban J connectivity index is 2.50. The minimum absolute atomic E-state index is 0.354. The summed E-state index contributed by atoms with van der Waals surface area (Å²) < 4.78 is 23.7. The van der Waals surface area contributed by atoms with Gasteiger partial charge in [-0.15, -0.1) is 0 Å². The van der Waals surface area contributed by atoms with Gasteiger partial charge in [0.05, 0.1) is 5.75 Å². The van der Waals surface area contributed by atoms with Crippen molar-refractivity contribution in [1.29, 1.82) is 0 Å². The lowest BCUT2D eigenvalue weighted by Gasteiger charge is -2.26. The molecular weight excluding hydrogens is 258 g/mol. The second-order valence-electron chi connectivity index (χ2n) is 5.90. The van der Waals surface area contributed by atoms with E-state index in [-0.39, 0.29) is 0 Å². The zero-order valence-electron chi connectivity index (χ0n) is 12.7. The SMILES string of the molecule is CCCNC1CCCCCC1CCS(=O)(=O)CCC. The predicted molar refractivity (Wildman–Crippen MR) is 82.2 cm³/mol. The van der Waals surface area contributed by atoms with Crippen LogP contribution in [0.15, 0.2) is 0 Å². The third kappa shape index (κ3) is 6.75. The molecule has 3 nitrogen and oxygen atoms in total. The fourth-order valence-electron chi connectivity index (χ4n) is 3.07. The van der Waals surface area contributed by atoms with E-state index in [1.807, 2.05) is 6.92 Å². The lowest BCUT2D eigenvalue weighted by Crippen LogP contribution is -2.37. The van der Waals surface area contributed by atoms with Gasteiger partial charge in [-0.05, 0) is 44.6 Å². The molecule has 19 heavy (non-hydrogen) atoms. The standard InChI is InChI=1S/C15H31NO2S/c1-3-11-16-15-9-7-5-6-8-14(15)10-13-19(17,18)12-4-2/h14-16H,3-13H2,1-2H3. The number of rotatable bonds is 8. The van der Waals surface area contributed by atoms with Gasteiger partial charge in [0, 0.05) is 11.8 Å². The largest absolute Gasteiger partial charge is 0.314 e. The topological polar surface area (TPSA) is 46.2 Å². The summed E-state index contributed by atoms with van der Waals surface area (Å²) in [6.45, 7) is 5.18. The molecule has 0 bridgehead atoms. The summed E-state index contributed by atoms with van der Waals surface area (Å²) in [6, 6.07) is 0.541. The molecule has 1 saturated carbocycles. The number of nitrogens with one attached hydrogen (secondary N) is 1. The zero-order valence-corrected chi connectivity index (χ0v) is 13.5. The molecule has 0 saturated heterocycles. The summed E-state index contributed by atoms with van der Waals surface area (Å²) in [5.41, 5.74) is 0. The van der Waals surface area contributed by atoms with Crippen LogP contribution in [-0.2, 0) is 9.84 Å².